The van der Waals surface area contributed by atoms with Gasteiger partial charge < -0.3 is 71.8 Å². The van der Waals surface area contributed by atoms with Crippen molar-refractivity contribution in [2.75, 3.05) is 37.1 Å². The molecule has 0 radical (unpaired) electrons. The Morgan fingerprint density at radius 3 is 1.82 bits per heavy atom. The van der Waals surface area contributed by atoms with E-state index < -0.39 is 95.4 Å². The van der Waals surface area contributed by atoms with Crippen molar-refractivity contribution < 1.29 is 91.0 Å². The van der Waals surface area contributed by atoms with Crippen molar-refractivity contribution >= 4 is 47.7 Å². The Bertz CT molecular complexity index is 3480. The third kappa shape index (κ3) is 22.6. The molecule has 0 aliphatic carbocycles. The van der Waals surface area contributed by atoms with Gasteiger partial charge in [-0.25, -0.2) is 19.2 Å². The number of phenolic OH excluding ortho intramolecular Hbond substituents is 1. The Balaban J connectivity index is 0.000000310. The van der Waals surface area contributed by atoms with Crippen molar-refractivity contribution in [2.45, 2.75) is 236 Å². The molecule has 21 heteroatoms. The minimum atomic E-state index is -1.19. The van der Waals surface area contributed by atoms with E-state index in [1.54, 1.807) is 100.0 Å². The van der Waals surface area contributed by atoms with E-state index in [0.717, 1.165) is 22.6 Å². The minimum absolute atomic E-state index is 0. The van der Waals surface area contributed by atoms with Gasteiger partial charge in [0.2, 0.25) is 5.79 Å². The summed E-state index contributed by atoms with van der Waals surface area (Å²) >= 11 is 0. The average Bonchev–Trinajstić information content (AvgIpc) is 1.75. The summed E-state index contributed by atoms with van der Waals surface area (Å²) in [4.78, 5) is 56.0. The number of rotatable bonds is 19. The van der Waals surface area contributed by atoms with Crippen LogP contribution >= 0.6 is 0 Å². The molecule has 2 unspecified atom stereocenters. The van der Waals surface area contributed by atoms with E-state index >= 15 is 0 Å². The second-order valence-electron chi connectivity index (χ2n) is 28.3. The van der Waals surface area contributed by atoms with Crippen LogP contribution in [0.2, 0.25) is 0 Å². The van der Waals surface area contributed by atoms with Crippen LogP contribution in [0.3, 0.4) is 0 Å². The molecule has 0 bridgehead atoms. The van der Waals surface area contributed by atoms with Crippen molar-refractivity contribution in [2.24, 2.45) is 11.8 Å². The molecule has 4 aliphatic heterocycles. The highest BCUT2D eigenvalue weighted by Crippen LogP contribution is 2.41. The normalized spacial score (nSPS) is 23.3. The maximum absolute atomic E-state index is 13.5. The summed E-state index contributed by atoms with van der Waals surface area (Å²) in [5, 5.41) is 21.3. The average molecular weight is 1380 g/mol. The van der Waals surface area contributed by atoms with Crippen LogP contribution in [0.1, 0.15) is 188 Å². The number of aromatic hydroxyl groups is 1. The molecule has 2 amide bonds. The number of phenols is 1. The maximum atomic E-state index is 13.5. The number of hydrogen-bond donors (Lipinski definition) is 2. The van der Waals surface area contributed by atoms with E-state index in [0.29, 0.717) is 60.9 Å². The summed E-state index contributed by atoms with van der Waals surface area (Å²) in [5.41, 5.74) is 2.58. The smallest absolute Gasteiger partial charge is 0.414 e. The summed E-state index contributed by atoms with van der Waals surface area (Å²) in [5.74, 6) is -2.95. The van der Waals surface area contributed by atoms with Crippen molar-refractivity contribution in [1.29, 1.82) is 0 Å². The van der Waals surface area contributed by atoms with E-state index in [4.69, 9.17) is 61.6 Å². The quantitative estimate of drug-likeness (QED) is 0.0504. The number of methoxy groups -OCH3 is 2. The van der Waals surface area contributed by atoms with Crippen LogP contribution in [0.5, 0.6) is 23.0 Å². The van der Waals surface area contributed by atoms with Gasteiger partial charge in [-0.05, 0) is 174 Å². The van der Waals surface area contributed by atoms with Gasteiger partial charge in [-0.2, -0.15) is 0 Å². The van der Waals surface area contributed by atoms with Crippen LogP contribution in [0, 0.1) is 11.8 Å². The molecule has 21 nitrogen and oxygen atoms in total. The number of esters is 2. The zero-order valence-corrected chi connectivity index (χ0v) is 60.8. The molecular formula is C78H108N2O19. The standard InChI is InChI=1S/C40H55NO10.C37H49NO9.CH4/c1-12-41(37(44)51-38(4,5)6)29-22-28(34-33(23-29)48-40(9,10)50-36(34)43)14-13-15-32-35(49-39(7,8)47-32)31(21-16-25(2)26(3)42)46-24-27-17-19-30(45-11)20-18-27;1-10-38(35(41)47-36(4,5)6)27-20-26-12-11-13-31-33(46-37(7,8)45-31)30(43-22-25-15-17-28(42-9)18-16-25)19-14-23(2)24(3)44-34(40)32(26)29(39)21-27;/h13-14,16-23,25-26,31-32,35,42H,12,15,24H2,1-11H3;11-12,14-21,23-24,30-31,33,39H,10,13,22H2,1-9H3;1H4/b14-13+,21-16-;12-11+,19-14-;/t25-,26+,31?,32+,35-;23-,24+,30?,31+,33-;/m11./s1. The summed E-state index contributed by atoms with van der Waals surface area (Å²) in [6.07, 6.45) is 11.0. The zero-order valence-electron chi connectivity index (χ0n) is 60.8. The van der Waals surface area contributed by atoms with Crippen LogP contribution in [0.4, 0.5) is 21.0 Å². The van der Waals surface area contributed by atoms with Gasteiger partial charge in [0.15, 0.2) is 11.6 Å². The van der Waals surface area contributed by atoms with Crippen molar-refractivity contribution in [3.63, 3.8) is 0 Å². The van der Waals surface area contributed by atoms with E-state index in [2.05, 4.69) is 0 Å². The highest BCUT2D eigenvalue weighted by molar-refractivity contribution is 6.00. The van der Waals surface area contributed by atoms with Crippen molar-refractivity contribution in [1.82, 2.24) is 0 Å². The number of ether oxygens (including phenoxy) is 13. The topological polar surface area (TPSA) is 235 Å². The molecule has 2 fully saturated rings. The Morgan fingerprint density at radius 1 is 0.697 bits per heavy atom. The first-order chi connectivity index (χ1) is 45.9. The Hall–Kier alpha value is -7.76. The predicted molar refractivity (Wildman–Crippen MR) is 381 cm³/mol. The van der Waals surface area contributed by atoms with Gasteiger partial charge in [-0.1, -0.05) is 94.1 Å². The number of cyclic esters (lactones) is 2. The summed E-state index contributed by atoms with van der Waals surface area (Å²) in [6, 6.07) is 21.8. The van der Waals surface area contributed by atoms with Gasteiger partial charge in [0.1, 0.15) is 75.8 Å². The number of carbonyl (C=O) groups excluding carboxylic acids is 4. The number of aliphatic hydroxyl groups is 1. The largest absolute Gasteiger partial charge is 0.507 e. The van der Waals surface area contributed by atoms with Crippen LogP contribution < -0.4 is 24.0 Å². The Labute approximate surface area is 586 Å². The fourth-order valence-electron chi connectivity index (χ4n) is 11.3. The first-order valence-corrected chi connectivity index (χ1v) is 33.7. The summed E-state index contributed by atoms with van der Waals surface area (Å²) < 4.78 is 77.9. The lowest BCUT2D eigenvalue weighted by Gasteiger charge is -2.33. The van der Waals surface area contributed by atoms with Crippen LogP contribution in [0.25, 0.3) is 12.2 Å². The van der Waals surface area contributed by atoms with Gasteiger partial charge in [-0.15, -0.1) is 0 Å². The lowest BCUT2D eigenvalue weighted by atomic mass is 9.98. The molecule has 0 aromatic heterocycles. The van der Waals surface area contributed by atoms with E-state index in [1.807, 2.05) is 154 Å². The number of carbonyl (C=O) groups is 4. The molecule has 4 aromatic rings. The molecule has 2 N–H and O–H groups in total. The maximum Gasteiger partial charge on any atom is 0.414 e. The number of amides is 2. The number of fused-ring (bicyclic) bond motifs is 3. The van der Waals surface area contributed by atoms with Crippen molar-refractivity contribution in [3.05, 3.63) is 143 Å². The minimum Gasteiger partial charge on any atom is -0.507 e. The van der Waals surface area contributed by atoms with Crippen LogP contribution in [-0.2, 0) is 60.6 Å². The fourth-order valence-corrected chi connectivity index (χ4v) is 11.3. The molecular weight excluding hydrogens is 1270 g/mol. The summed E-state index contributed by atoms with van der Waals surface area (Å²) in [7, 11) is 3.25. The van der Waals surface area contributed by atoms with Gasteiger partial charge in [0.25, 0.3) is 0 Å². The second kappa shape index (κ2) is 34.1. The van der Waals surface area contributed by atoms with Gasteiger partial charge in [0, 0.05) is 45.0 Å². The summed E-state index contributed by atoms with van der Waals surface area (Å²) in [6.45, 7) is 33.9. The predicted octanol–water partition coefficient (Wildman–Crippen LogP) is 15.9. The molecule has 0 spiro atoms. The van der Waals surface area contributed by atoms with Gasteiger partial charge >= 0.3 is 24.1 Å². The molecule has 99 heavy (non-hydrogen) atoms. The van der Waals surface area contributed by atoms with Gasteiger partial charge in [0.05, 0.1) is 57.1 Å². The molecule has 4 heterocycles. The van der Waals surface area contributed by atoms with Crippen molar-refractivity contribution in [3.8, 4) is 23.0 Å². The van der Waals surface area contributed by atoms with E-state index in [1.165, 1.54) is 15.9 Å². The molecule has 8 rings (SSSR count). The molecule has 4 aliphatic rings. The van der Waals surface area contributed by atoms with Gasteiger partial charge in [-0.3, -0.25) is 9.80 Å². The molecule has 10 atom stereocenters. The molecule has 4 aromatic carbocycles. The first kappa shape index (κ1) is 80.2. The zero-order chi connectivity index (χ0) is 72.2. The van der Waals surface area contributed by atoms with E-state index in [-0.39, 0.29) is 48.8 Å². The highest BCUT2D eigenvalue weighted by atomic mass is 16.8. The molecule has 0 saturated carbocycles. The monoisotopic (exact) mass is 1380 g/mol. The Morgan fingerprint density at radius 2 is 1.26 bits per heavy atom. The third-order valence-electron chi connectivity index (χ3n) is 16.5. The Kier molecular flexibility index (Phi) is 27.6. The number of anilines is 2. The lowest BCUT2D eigenvalue weighted by molar-refractivity contribution is -0.156. The highest BCUT2D eigenvalue weighted by Gasteiger charge is 2.46. The van der Waals surface area contributed by atoms with Crippen LogP contribution in [0.15, 0.2) is 109 Å². The van der Waals surface area contributed by atoms with Crippen LogP contribution in [-0.4, -0.2) is 139 Å². The van der Waals surface area contributed by atoms with E-state index in [9.17, 15) is 29.4 Å². The molecule has 544 valence electrons. The fraction of sp³-hybridized carbons (Fsp3) is 0.538. The number of nitrogens with zero attached hydrogens (tertiary/aromatic N) is 2. The third-order valence-corrected chi connectivity index (χ3v) is 16.5. The number of hydrogen-bond acceptors (Lipinski definition) is 19. The second-order valence-corrected chi connectivity index (χ2v) is 28.3. The number of aliphatic hydroxyl groups excluding tert-OH is 1. The lowest BCUT2D eigenvalue weighted by Crippen LogP contribution is -2.40. The SMILES string of the molecule is C.CCN(C(=O)OC(C)(C)C)c1cc(/C=C/C[C@@H]2OC(C)(C)O[C@@H]2C(/C=C\[C@@H](C)[C@H](C)O)OCc2ccc(OC)cc2)c2c(c1)OC(C)(C)OC2=O.CCN(C(=O)OC(C)(C)C)c1cc(O)c2c(c1)/C=C/C[C@@H]1OC(C)(C)O[C@@H]1C(OCc1ccc(OC)cc1)/C=C\[C@@H](C)[C@H](C)OC2=O. The first-order valence-electron chi connectivity index (χ1n) is 33.7. The molecule has 2 saturated heterocycles. The number of benzene rings is 4.